The number of amides is 3. The van der Waals surface area contributed by atoms with Crippen molar-refractivity contribution in [3.8, 4) is 0 Å². The molecule has 1 aliphatic carbocycles. The van der Waals surface area contributed by atoms with Crippen molar-refractivity contribution in [2.24, 2.45) is 0 Å². The summed E-state index contributed by atoms with van der Waals surface area (Å²) in [6.07, 6.45) is 1.63. The Hall–Kier alpha value is -2.75. The number of rotatable bonds is 9. The zero-order valence-corrected chi connectivity index (χ0v) is 21.3. The molecule has 1 saturated carbocycles. The summed E-state index contributed by atoms with van der Waals surface area (Å²) >= 11 is 4.28. The highest BCUT2D eigenvalue weighted by Gasteiger charge is 2.42. The molecule has 1 aromatic rings. The number of carbonyl (C=O) groups is 4. The number of carbonyl (C=O) groups excluding carboxylic acids is 4. The van der Waals surface area contributed by atoms with Gasteiger partial charge in [0, 0.05) is 11.8 Å². The zero-order chi connectivity index (χ0) is 25.5. The second-order valence-electron chi connectivity index (χ2n) is 9.26. The van der Waals surface area contributed by atoms with E-state index >= 15 is 0 Å². The number of nitrogens with one attached hydrogen (secondary N) is 2. The molecule has 1 aromatic carbocycles. The molecular formula is C24H35N3O6S. The van der Waals surface area contributed by atoms with Crippen molar-refractivity contribution in [2.45, 2.75) is 70.7 Å². The van der Waals surface area contributed by atoms with Crippen LogP contribution in [0.25, 0.3) is 0 Å². The Morgan fingerprint density at radius 3 is 2.32 bits per heavy atom. The average Bonchev–Trinajstić information content (AvgIpc) is 2.73. The molecule has 2 rings (SSSR count). The SMILES string of the molecule is COC(=O)CNC(=O)C(c1ccccc1C)N(C(=O)C(CS)NC(=O)OC(C)(C)C)C1CCC1. The highest BCUT2D eigenvalue weighted by atomic mass is 32.1. The maximum absolute atomic E-state index is 13.8. The molecule has 1 fully saturated rings. The molecule has 0 heterocycles. The Morgan fingerprint density at radius 2 is 1.82 bits per heavy atom. The number of alkyl carbamates (subject to hydrolysis) is 1. The number of thiol groups is 1. The van der Waals surface area contributed by atoms with Crippen LogP contribution in [0.5, 0.6) is 0 Å². The van der Waals surface area contributed by atoms with E-state index in [0.29, 0.717) is 5.56 Å². The van der Waals surface area contributed by atoms with Crippen LogP contribution in [-0.4, -0.2) is 65.9 Å². The second kappa shape index (κ2) is 12.1. The third-order valence-electron chi connectivity index (χ3n) is 5.54. The summed E-state index contributed by atoms with van der Waals surface area (Å²) in [5.74, 6) is -1.52. The van der Waals surface area contributed by atoms with Gasteiger partial charge in [0.1, 0.15) is 24.2 Å². The van der Waals surface area contributed by atoms with E-state index in [2.05, 4.69) is 28.0 Å². The minimum absolute atomic E-state index is 0.0194. The largest absolute Gasteiger partial charge is 0.468 e. The van der Waals surface area contributed by atoms with Crippen molar-refractivity contribution in [3.63, 3.8) is 0 Å². The van der Waals surface area contributed by atoms with E-state index in [-0.39, 0.29) is 18.3 Å². The number of methoxy groups -OCH3 is 1. The normalized spacial score (nSPS) is 15.4. The van der Waals surface area contributed by atoms with Crippen LogP contribution in [0.15, 0.2) is 24.3 Å². The first-order valence-corrected chi connectivity index (χ1v) is 11.9. The summed E-state index contributed by atoms with van der Waals surface area (Å²) in [5, 5.41) is 5.18. The van der Waals surface area contributed by atoms with Crippen LogP contribution in [0.2, 0.25) is 0 Å². The van der Waals surface area contributed by atoms with Crippen molar-refractivity contribution in [1.82, 2.24) is 15.5 Å². The highest BCUT2D eigenvalue weighted by Crippen LogP contribution is 2.34. The molecule has 0 spiro atoms. The van der Waals surface area contributed by atoms with Gasteiger partial charge in [-0.15, -0.1) is 0 Å². The van der Waals surface area contributed by atoms with Crippen LogP contribution >= 0.6 is 12.6 Å². The number of esters is 1. The van der Waals surface area contributed by atoms with Gasteiger partial charge < -0.3 is 25.0 Å². The first kappa shape index (κ1) is 27.5. The summed E-state index contributed by atoms with van der Waals surface area (Å²) in [4.78, 5) is 52.7. The molecule has 0 bridgehead atoms. The molecule has 34 heavy (non-hydrogen) atoms. The summed E-state index contributed by atoms with van der Waals surface area (Å²) in [5.41, 5.74) is 0.722. The maximum atomic E-state index is 13.8. The minimum Gasteiger partial charge on any atom is -0.468 e. The van der Waals surface area contributed by atoms with Gasteiger partial charge in [-0.05, 0) is 58.1 Å². The minimum atomic E-state index is -1.00. The fourth-order valence-electron chi connectivity index (χ4n) is 3.64. The summed E-state index contributed by atoms with van der Waals surface area (Å²) < 4.78 is 9.94. The van der Waals surface area contributed by atoms with E-state index in [0.717, 1.165) is 24.8 Å². The lowest BCUT2D eigenvalue weighted by atomic mass is 9.87. The van der Waals surface area contributed by atoms with Gasteiger partial charge in [-0.3, -0.25) is 14.4 Å². The summed E-state index contributed by atoms with van der Waals surface area (Å²) in [7, 11) is 1.23. The fourth-order valence-corrected chi connectivity index (χ4v) is 3.88. The molecule has 188 valence electrons. The summed E-state index contributed by atoms with van der Waals surface area (Å²) in [6.45, 7) is 6.71. The lowest BCUT2D eigenvalue weighted by molar-refractivity contribution is -0.148. The standard InChI is InChI=1S/C24H35N3O6S/c1-15-9-6-7-12-17(15)20(21(29)25-13-19(28)32-5)27(16-10-8-11-16)22(30)18(14-34)26-23(31)33-24(2,3)4/h6-7,9,12,16,18,20,34H,8,10-11,13-14H2,1-5H3,(H,25,29)(H,26,31). The number of hydrogen-bond acceptors (Lipinski definition) is 7. The van der Waals surface area contributed by atoms with Crippen molar-refractivity contribution in [2.75, 3.05) is 19.4 Å². The molecular weight excluding hydrogens is 458 g/mol. The molecule has 0 aromatic heterocycles. The molecule has 1 aliphatic rings. The van der Waals surface area contributed by atoms with Gasteiger partial charge in [-0.2, -0.15) is 12.6 Å². The smallest absolute Gasteiger partial charge is 0.408 e. The van der Waals surface area contributed by atoms with Gasteiger partial charge in [0.25, 0.3) is 0 Å². The van der Waals surface area contributed by atoms with E-state index in [4.69, 9.17) is 4.74 Å². The molecule has 2 atom stereocenters. The predicted octanol–water partition coefficient (Wildman–Crippen LogP) is 2.53. The van der Waals surface area contributed by atoms with E-state index in [1.807, 2.05) is 19.1 Å². The molecule has 3 amide bonds. The topological polar surface area (TPSA) is 114 Å². The van der Waals surface area contributed by atoms with Crippen molar-refractivity contribution < 1.29 is 28.7 Å². The maximum Gasteiger partial charge on any atom is 0.408 e. The second-order valence-corrected chi connectivity index (χ2v) is 9.63. The van der Waals surface area contributed by atoms with Crippen LogP contribution in [0.4, 0.5) is 4.79 Å². The van der Waals surface area contributed by atoms with Crippen molar-refractivity contribution in [1.29, 1.82) is 0 Å². The zero-order valence-electron chi connectivity index (χ0n) is 20.4. The van der Waals surface area contributed by atoms with Crippen LogP contribution in [-0.2, 0) is 23.9 Å². The third kappa shape index (κ3) is 7.38. The van der Waals surface area contributed by atoms with Gasteiger partial charge >= 0.3 is 12.1 Å². The molecule has 10 heteroatoms. The van der Waals surface area contributed by atoms with Gasteiger partial charge in [0.2, 0.25) is 11.8 Å². The molecule has 2 unspecified atom stereocenters. The van der Waals surface area contributed by atoms with Gasteiger partial charge in [0.05, 0.1) is 7.11 Å². The Morgan fingerprint density at radius 1 is 1.18 bits per heavy atom. The van der Waals surface area contributed by atoms with Gasteiger partial charge in [-0.1, -0.05) is 24.3 Å². The number of benzene rings is 1. The predicted molar refractivity (Wildman–Crippen MR) is 130 cm³/mol. The molecule has 9 nitrogen and oxygen atoms in total. The average molecular weight is 494 g/mol. The first-order chi connectivity index (χ1) is 16.0. The lowest BCUT2D eigenvalue weighted by Gasteiger charge is -2.43. The van der Waals surface area contributed by atoms with Gasteiger partial charge in [0.15, 0.2) is 0 Å². The quantitative estimate of drug-likeness (QED) is 0.360. The van der Waals surface area contributed by atoms with E-state index in [9.17, 15) is 19.2 Å². The molecule has 2 N–H and O–H groups in total. The first-order valence-electron chi connectivity index (χ1n) is 11.3. The Bertz CT molecular complexity index is 897. The fraction of sp³-hybridized carbons (Fsp3) is 0.583. The van der Waals surface area contributed by atoms with Crippen LogP contribution in [0.3, 0.4) is 0 Å². The van der Waals surface area contributed by atoms with Crippen LogP contribution < -0.4 is 10.6 Å². The molecule has 0 radical (unpaired) electrons. The molecule has 0 aliphatic heterocycles. The number of hydrogen-bond donors (Lipinski definition) is 3. The number of ether oxygens (including phenoxy) is 2. The number of nitrogens with zero attached hydrogens (tertiary/aromatic N) is 1. The van der Waals surface area contributed by atoms with E-state index < -0.39 is 41.6 Å². The van der Waals surface area contributed by atoms with Crippen LogP contribution in [0.1, 0.15) is 57.2 Å². The Labute approximate surface area is 206 Å². The Kier molecular flexibility index (Phi) is 9.78. The van der Waals surface area contributed by atoms with Crippen LogP contribution in [0, 0.1) is 6.92 Å². The third-order valence-corrected chi connectivity index (χ3v) is 5.90. The lowest BCUT2D eigenvalue weighted by Crippen LogP contribution is -2.58. The van der Waals surface area contributed by atoms with Gasteiger partial charge in [-0.25, -0.2) is 4.79 Å². The molecule has 0 saturated heterocycles. The Balaban J connectivity index is 2.41. The van der Waals surface area contributed by atoms with Crippen molar-refractivity contribution >= 4 is 36.5 Å². The van der Waals surface area contributed by atoms with E-state index in [1.54, 1.807) is 32.9 Å². The monoisotopic (exact) mass is 493 g/mol. The van der Waals surface area contributed by atoms with E-state index in [1.165, 1.54) is 12.0 Å². The number of aryl methyl sites for hydroxylation is 1. The summed E-state index contributed by atoms with van der Waals surface area (Å²) in [6, 6.07) is 5.09. The van der Waals surface area contributed by atoms with Crippen molar-refractivity contribution in [3.05, 3.63) is 35.4 Å². The highest BCUT2D eigenvalue weighted by molar-refractivity contribution is 7.80.